The van der Waals surface area contributed by atoms with Gasteiger partial charge in [-0.05, 0) is 24.5 Å². The Morgan fingerprint density at radius 3 is 2.81 bits per heavy atom. The number of benzene rings is 1. The first-order valence-corrected chi connectivity index (χ1v) is 6.14. The van der Waals surface area contributed by atoms with E-state index in [4.69, 9.17) is 5.11 Å². The van der Waals surface area contributed by atoms with E-state index < -0.39 is 0 Å². The van der Waals surface area contributed by atoms with Gasteiger partial charge in [-0.3, -0.25) is 4.79 Å². The van der Waals surface area contributed by atoms with Crippen LogP contribution in [0.4, 0.5) is 0 Å². The Morgan fingerprint density at radius 2 is 2.12 bits per heavy atom. The van der Waals surface area contributed by atoms with Crippen LogP contribution in [-0.2, 0) is 11.2 Å². The molecule has 2 N–H and O–H groups in total. The monoisotopic (exact) mass is 285 g/mol. The Hall–Kier alpha value is -0.870. The van der Waals surface area contributed by atoms with E-state index in [-0.39, 0.29) is 12.5 Å². The van der Waals surface area contributed by atoms with Gasteiger partial charge in [-0.25, -0.2) is 0 Å². The Kier molecular flexibility index (Phi) is 6.11. The van der Waals surface area contributed by atoms with Crippen LogP contribution in [-0.4, -0.2) is 24.2 Å². The Morgan fingerprint density at radius 1 is 1.38 bits per heavy atom. The van der Waals surface area contributed by atoms with Crippen molar-refractivity contribution >= 4 is 21.8 Å². The zero-order chi connectivity index (χ0) is 11.8. The molecule has 0 spiro atoms. The first kappa shape index (κ1) is 13.2. The van der Waals surface area contributed by atoms with Crippen LogP contribution in [0.1, 0.15) is 18.4 Å². The van der Waals surface area contributed by atoms with Gasteiger partial charge in [-0.1, -0.05) is 34.1 Å². The maximum atomic E-state index is 11.2. The van der Waals surface area contributed by atoms with Gasteiger partial charge < -0.3 is 10.4 Å². The largest absolute Gasteiger partial charge is 0.395 e. The van der Waals surface area contributed by atoms with Crippen molar-refractivity contribution in [2.45, 2.75) is 19.3 Å². The van der Waals surface area contributed by atoms with Crippen molar-refractivity contribution in [3.05, 3.63) is 34.3 Å². The highest BCUT2D eigenvalue weighted by Gasteiger charge is 2.02. The minimum Gasteiger partial charge on any atom is -0.395 e. The van der Waals surface area contributed by atoms with Gasteiger partial charge in [0.05, 0.1) is 6.61 Å². The molecular formula is C12H16BrNO2. The van der Waals surface area contributed by atoms with Crippen molar-refractivity contribution in [3.8, 4) is 0 Å². The average molecular weight is 286 g/mol. The molecule has 3 nitrogen and oxygen atoms in total. The number of amides is 1. The third kappa shape index (κ3) is 4.77. The zero-order valence-corrected chi connectivity index (χ0v) is 10.7. The van der Waals surface area contributed by atoms with Gasteiger partial charge in [-0.2, -0.15) is 0 Å². The fraction of sp³-hybridized carbons (Fsp3) is 0.417. The molecule has 0 unspecified atom stereocenters. The summed E-state index contributed by atoms with van der Waals surface area (Å²) in [6, 6.07) is 8.02. The molecule has 0 aliphatic carbocycles. The summed E-state index contributed by atoms with van der Waals surface area (Å²) in [5, 5.41) is 11.2. The second-order valence-corrected chi connectivity index (χ2v) is 4.37. The highest BCUT2D eigenvalue weighted by atomic mass is 79.9. The first-order valence-electron chi connectivity index (χ1n) is 5.35. The number of carbonyl (C=O) groups is 1. The summed E-state index contributed by atoms with van der Waals surface area (Å²) in [7, 11) is 0. The van der Waals surface area contributed by atoms with Gasteiger partial charge in [-0.15, -0.1) is 0 Å². The van der Waals surface area contributed by atoms with Crippen molar-refractivity contribution in [1.29, 1.82) is 0 Å². The van der Waals surface area contributed by atoms with Crippen LogP contribution in [0.25, 0.3) is 0 Å². The SMILES string of the molecule is O=C(CCCc1ccccc1Br)NCCO. The van der Waals surface area contributed by atoms with Crippen LogP contribution >= 0.6 is 15.9 Å². The lowest BCUT2D eigenvalue weighted by Gasteiger charge is -2.05. The van der Waals surface area contributed by atoms with E-state index in [9.17, 15) is 4.79 Å². The molecular weight excluding hydrogens is 270 g/mol. The third-order valence-electron chi connectivity index (χ3n) is 2.24. The number of aliphatic hydroxyl groups is 1. The number of halogens is 1. The summed E-state index contributed by atoms with van der Waals surface area (Å²) in [4.78, 5) is 11.2. The predicted molar refractivity (Wildman–Crippen MR) is 67.2 cm³/mol. The van der Waals surface area contributed by atoms with E-state index in [0.29, 0.717) is 13.0 Å². The quantitative estimate of drug-likeness (QED) is 0.839. The molecule has 0 fully saturated rings. The molecule has 1 amide bonds. The topological polar surface area (TPSA) is 49.3 Å². The fourth-order valence-electron chi connectivity index (χ4n) is 1.42. The highest BCUT2D eigenvalue weighted by molar-refractivity contribution is 9.10. The molecule has 88 valence electrons. The van der Waals surface area contributed by atoms with Gasteiger partial charge in [0.2, 0.25) is 5.91 Å². The van der Waals surface area contributed by atoms with E-state index in [1.54, 1.807) is 0 Å². The number of nitrogens with one attached hydrogen (secondary N) is 1. The molecule has 4 heteroatoms. The standard InChI is InChI=1S/C12H16BrNO2/c13-11-6-2-1-4-10(11)5-3-7-12(16)14-8-9-15/h1-2,4,6,15H,3,5,7-9H2,(H,14,16). The summed E-state index contributed by atoms with van der Waals surface area (Å²) < 4.78 is 1.09. The van der Waals surface area contributed by atoms with Gasteiger partial charge in [0, 0.05) is 17.4 Å². The second kappa shape index (κ2) is 7.41. The van der Waals surface area contributed by atoms with Crippen molar-refractivity contribution in [1.82, 2.24) is 5.32 Å². The molecule has 0 aliphatic rings. The Bertz CT molecular complexity index is 342. The van der Waals surface area contributed by atoms with Crippen molar-refractivity contribution in [2.75, 3.05) is 13.2 Å². The number of rotatable bonds is 6. The predicted octanol–water partition coefficient (Wildman–Crippen LogP) is 1.88. The molecule has 0 saturated carbocycles. The van der Waals surface area contributed by atoms with Crippen LogP contribution in [0.3, 0.4) is 0 Å². The summed E-state index contributed by atoms with van der Waals surface area (Å²) >= 11 is 3.47. The van der Waals surface area contributed by atoms with Crippen molar-refractivity contribution in [3.63, 3.8) is 0 Å². The van der Waals surface area contributed by atoms with Crippen molar-refractivity contribution < 1.29 is 9.90 Å². The Balaban J connectivity index is 2.25. The molecule has 0 radical (unpaired) electrons. The molecule has 0 bridgehead atoms. The molecule has 0 atom stereocenters. The second-order valence-electron chi connectivity index (χ2n) is 3.52. The van der Waals surface area contributed by atoms with E-state index in [0.717, 1.165) is 17.3 Å². The molecule has 0 saturated heterocycles. The van der Waals surface area contributed by atoms with E-state index in [2.05, 4.69) is 27.3 Å². The fourth-order valence-corrected chi connectivity index (χ4v) is 1.91. The molecule has 1 rings (SSSR count). The van der Waals surface area contributed by atoms with Crippen LogP contribution in [0.2, 0.25) is 0 Å². The third-order valence-corrected chi connectivity index (χ3v) is 3.02. The molecule has 0 aliphatic heterocycles. The smallest absolute Gasteiger partial charge is 0.220 e. The highest BCUT2D eigenvalue weighted by Crippen LogP contribution is 2.17. The number of aryl methyl sites for hydroxylation is 1. The normalized spacial score (nSPS) is 10.1. The van der Waals surface area contributed by atoms with Gasteiger partial charge in [0.15, 0.2) is 0 Å². The number of aliphatic hydroxyl groups excluding tert-OH is 1. The van der Waals surface area contributed by atoms with Crippen molar-refractivity contribution in [2.24, 2.45) is 0 Å². The minimum absolute atomic E-state index is 0.00102. The summed E-state index contributed by atoms with van der Waals surface area (Å²) in [6.07, 6.45) is 2.20. The lowest BCUT2D eigenvalue weighted by molar-refractivity contribution is -0.121. The van der Waals surface area contributed by atoms with Crippen LogP contribution in [0.5, 0.6) is 0 Å². The van der Waals surface area contributed by atoms with Gasteiger partial charge in [0.25, 0.3) is 0 Å². The Labute approximate surface area is 104 Å². The molecule has 1 aromatic rings. The number of hydrogen-bond acceptors (Lipinski definition) is 2. The summed E-state index contributed by atoms with van der Waals surface area (Å²) in [6.45, 7) is 0.337. The molecule has 16 heavy (non-hydrogen) atoms. The van der Waals surface area contributed by atoms with Gasteiger partial charge in [0.1, 0.15) is 0 Å². The number of carbonyl (C=O) groups excluding carboxylic acids is 1. The van der Waals surface area contributed by atoms with Crippen LogP contribution in [0.15, 0.2) is 28.7 Å². The number of hydrogen-bond donors (Lipinski definition) is 2. The zero-order valence-electron chi connectivity index (χ0n) is 9.08. The van der Waals surface area contributed by atoms with E-state index in [1.165, 1.54) is 5.56 Å². The first-order chi connectivity index (χ1) is 7.74. The van der Waals surface area contributed by atoms with Crippen LogP contribution in [0, 0.1) is 0 Å². The van der Waals surface area contributed by atoms with Gasteiger partial charge >= 0.3 is 0 Å². The van der Waals surface area contributed by atoms with Crippen LogP contribution < -0.4 is 5.32 Å². The van der Waals surface area contributed by atoms with E-state index >= 15 is 0 Å². The molecule has 0 heterocycles. The minimum atomic E-state index is -0.00399. The summed E-state index contributed by atoms with van der Waals surface area (Å²) in [5.41, 5.74) is 1.22. The lowest BCUT2D eigenvalue weighted by atomic mass is 10.1. The maximum absolute atomic E-state index is 11.2. The summed E-state index contributed by atoms with van der Waals surface area (Å²) in [5.74, 6) is 0.00102. The average Bonchev–Trinajstić information content (AvgIpc) is 2.29. The maximum Gasteiger partial charge on any atom is 0.220 e. The molecule has 0 aromatic heterocycles. The molecule has 1 aromatic carbocycles. The lowest BCUT2D eigenvalue weighted by Crippen LogP contribution is -2.26. The van der Waals surface area contributed by atoms with E-state index in [1.807, 2.05) is 18.2 Å².